The van der Waals surface area contributed by atoms with Crippen molar-refractivity contribution in [3.05, 3.63) is 0 Å². The number of alkyl halides is 1. The Kier molecular flexibility index (Phi) is 4.92. The molecular weight excluding hydrogens is 272 g/mol. The van der Waals surface area contributed by atoms with E-state index in [0.29, 0.717) is 5.88 Å². The summed E-state index contributed by atoms with van der Waals surface area (Å²) in [6, 6.07) is 0.909. The molecule has 0 aromatic rings. The minimum atomic E-state index is -3.17. The third-order valence-corrected chi connectivity index (χ3v) is 5.93. The van der Waals surface area contributed by atoms with Crippen LogP contribution in [0.1, 0.15) is 32.6 Å². The summed E-state index contributed by atoms with van der Waals surface area (Å²) < 4.78 is 26.7. The largest absolute Gasteiger partial charge is 0.300 e. The molecular formula is C12H23ClN2O2S. The lowest BCUT2D eigenvalue weighted by Crippen LogP contribution is -2.46. The van der Waals surface area contributed by atoms with Crippen LogP contribution in [0.5, 0.6) is 0 Å². The van der Waals surface area contributed by atoms with E-state index in [4.69, 9.17) is 11.6 Å². The highest BCUT2D eigenvalue weighted by Gasteiger charge is 2.32. The average molecular weight is 295 g/mol. The van der Waals surface area contributed by atoms with Crippen molar-refractivity contribution >= 4 is 21.6 Å². The van der Waals surface area contributed by atoms with E-state index < -0.39 is 10.0 Å². The molecule has 1 saturated heterocycles. The molecule has 1 aliphatic heterocycles. The summed E-state index contributed by atoms with van der Waals surface area (Å²) in [6.45, 7) is 3.92. The van der Waals surface area contributed by atoms with Gasteiger partial charge in [-0.25, -0.2) is 13.1 Å². The van der Waals surface area contributed by atoms with Crippen LogP contribution >= 0.6 is 11.6 Å². The summed E-state index contributed by atoms with van der Waals surface area (Å²) in [5, 5.41) is 0. The number of likely N-dealkylation sites (tertiary alicyclic amines) is 1. The van der Waals surface area contributed by atoms with Crippen LogP contribution in [-0.4, -0.2) is 50.1 Å². The van der Waals surface area contributed by atoms with Crippen LogP contribution in [0.15, 0.2) is 0 Å². The first-order valence-corrected chi connectivity index (χ1v) is 8.99. The van der Waals surface area contributed by atoms with E-state index in [9.17, 15) is 8.42 Å². The first kappa shape index (κ1) is 14.6. The Morgan fingerprint density at radius 1 is 1.28 bits per heavy atom. The lowest BCUT2D eigenvalue weighted by molar-refractivity contribution is 0.199. The molecule has 0 aromatic heterocycles. The maximum atomic E-state index is 11.9. The standard InChI is InChI=1S/C12H23ClN2O2S/c1-10(8-13)9-18(16,17)14-11-4-6-15(7-5-11)12-2-3-12/h10-12,14H,2-9H2,1H3. The SMILES string of the molecule is CC(CCl)CS(=O)(=O)NC1CCN(C2CC2)CC1. The summed E-state index contributed by atoms with van der Waals surface area (Å²) in [5.74, 6) is 0.538. The van der Waals surface area contributed by atoms with Crippen molar-refractivity contribution in [1.29, 1.82) is 0 Å². The lowest BCUT2D eigenvalue weighted by atomic mass is 10.1. The molecule has 0 radical (unpaired) electrons. The Bertz CT molecular complexity index is 362. The van der Waals surface area contributed by atoms with E-state index in [1.165, 1.54) is 12.8 Å². The van der Waals surface area contributed by atoms with Crippen LogP contribution in [0.2, 0.25) is 0 Å². The van der Waals surface area contributed by atoms with Crippen LogP contribution in [-0.2, 0) is 10.0 Å². The number of sulfonamides is 1. The van der Waals surface area contributed by atoms with Crippen LogP contribution in [0.25, 0.3) is 0 Å². The van der Waals surface area contributed by atoms with Crippen molar-refractivity contribution in [2.24, 2.45) is 5.92 Å². The zero-order valence-corrected chi connectivity index (χ0v) is 12.5. The summed E-state index contributed by atoms with van der Waals surface area (Å²) in [4.78, 5) is 2.49. The van der Waals surface area contributed by atoms with Crippen molar-refractivity contribution in [3.63, 3.8) is 0 Å². The van der Waals surface area contributed by atoms with E-state index in [2.05, 4.69) is 9.62 Å². The lowest BCUT2D eigenvalue weighted by Gasteiger charge is -2.32. The van der Waals surface area contributed by atoms with E-state index >= 15 is 0 Å². The van der Waals surface area contributed by atoms with Gasteiger partial charge in [0.2, 0.25) is 10.0 Å². The minimum Gasteiger partial charge on any atom is -0.300 e. The molecule has 0 bridgehead atoms. The molecule has 106 valence electrons. The second kappa shape index (κ2) is 6.07. The van der Waals surface area contributed by atoms with Crippen molar-refractivity contribution in [2.45, 2.75) is 44.7 Å². The smallest absolute Gasteiger partial charge is 0.212 e. The Morgan fingerprint density at radius 2 is 1.89 bits per heavy atom. The fourth-order valence-electron chi connectivity index (χ4n) is 2.54. The highest BCUT2D eigenvalue weighted by Crippen LogP contribution is 2.29. The third-order valence-electron chi connectivity index (χ3n) is 3.71. The van der Waals surface area contributed by atoms with Crippen LogP contribution in [0, 0.1) is 5.92 Å². The summed E-state index contributed by atoms with van der Waals surface area (Å²) in [5.41, 5.74) is 0. The average Bonchev–Trinajstić information content (AvgIpc) is 3.12. The summed E-state index contributed by atoms with van der Waals surface area (Å²) in [6.07, 6.45) is 4.52. The fourth-order valence-corrected chi connectivity index (χ4v) is 4.49. The molecule has 1 N–H and O–H groups in total. The zero-order chi connectivity index (χ0) is 13.2. The number of hydrogen-bond acceptors (Lipinski definition) is 3. The number of halogens is 1. The van der Waals surface area contributed by atoms with Gasteiger partial charge in [0, 0.05) is 18.0 Å². The number of nitrogens with one attached hydrogen (secondary N) is 1. The molecule has 6 heteroatoms. The second-order valence-electron chi connectivity index (χ2n) is 5.70. The molecule has 1 saturated carbocycles. The highest BCUT2D eigenvalue weighted by atomic mass is 35.5. The van der Waals surface area contributed by atoms with Gasteiger partial charge in [-0.1, -0.05) is 6.92 Å². The van der Waals surface area contributed by atoms with Crippen LogP contribution < -0.4 is 4.72 Å². The van der Waals surface area contributed by atoms with Crippen LogP contribution in [0.4, 0.5) is 0 Å². The highest BCUT2D eigenvalue weighted by molar-refractivity contribution is 7.89. The molecule has 1 unspecified atom stereocenters. The fraction of sp³-hybridized carbons (Fsp3) is 1.00. The number of hydrogen-bond donors (Lipinski definition) is 1. The molecule has 2 fully saturated rings. The quantitative estimate of drug-likeness (QED) is 0.754. The Morgan fingerprint density at radius 3 is 2.39 bits per heavy atom. The van der Waals surface area contributed by atoms with Gasteiger partial charge in [0.15, 0.2) is 0 Å². The summed E-state index contributed by atoms with van der Waals surface area (Å²) >= 11 is 5.66. The normalized spacial score (nSPS) is 25.2. The monoisotopic (exact) mass is 294 g/mol. The van der Waals surface area contributed by atoms with Gasteiger partial charge < -0.3 is 4.90 Å². The van der Waals surface area contributed by atoms with E-state index in [1.54, 1.807) is 0 Å². The Labute approximate surface area is 115 Å². The number of rotatable bonds is 6. The van der Waals surface area contributed by atoms with Crippen molar-refractivity contribution in [1.82, 2.24) is 9.62 Å². The van der Waals surface area contributed by atoms with E-state index in [-0.39, 0.29) is 17.7 Å². The Balaban J connectivity index is 1.76. The van der Waals surface area contributed by atoms with Gasteiger partial charge in [0.25, 0.3) is 0 Å². The molecule has 0 spiro atoms. The molecule has 4 nitrogen and oxygen atoms in total. The van der Waals surface area contributed by atoms with Gasteiger partial charge in [-0.3, -0.25) is 0 Å². The van der Waals surface area contributed by atoms with Gasteiger partial charge in [0.1, 0.15) is 0 Å². The van der Waals surface area contributed by atoms with Gasteiger partial charge in [-0.2, -0.15) is 0 Å². The van der Waals surface area contributed by atoms with E-state index in [1.807, 2.05) is 6.92 Å². The Hall–Kier alpha value is 0.160. The van der Waals surface area contributed by atoms with Gasteiger partial charge in [-0.05, 0) is 44.7 Å². The predicted molar refractivity (Wildman–Crippen MR) is 74.4 cm³/mol. The van der Waals surface area contributed by atoms with Gasteiger partial charge >= 0.3 is 0 Å². The minimum absolute atomic E-state index is 0.00993. The van der Waals surface area contributed by atoms with Crippen LogP contribution in [0.3, 0.4) is 0 Å². The zero-order valence-electron chi connectivity index (χ0n) is 10.9. The summed E-state index contributed by atoms with van der Waals surface area (Å²) in [7, 11) is -3.17. The number of nitrogens with zero attached hydrogens (tertiary/aromatic N) is 1. The first-order valence-electron chi connectivity index (χ1n) is 6.80. The topological polar surface area (TPSA) is 49.4 Å². The third kappa shape index (κ3) is 4.37. The van der Waals surface area contributed by atoms with Crippen molar-refractivity contribution < 1.29 is 8.42 Å². The molecule has 1 atom stereocenters. The molecule has 1 aliphatic carbocycles. The molecule has 2 aliphatic rings. The predicted octanol–water partition coefficient (Wildman–Crippen LogP) is 1.41. The molecule has 1 heterocycles. The number of piperidine rings is 1. The van der Waals surface area contributed by atoms with Gasteiger partial charge in [0.05, 0.1) is 5.75 Å². The molecule has 2 rings (SSSR count). The maximum Gasteiger partial charge on any atom is 0.212 e. The molecule has 0 amide bonds. The first-order chi connectivity index (χ1) is 8.50. The maximum absolute atomic E-state index is 11.9. The van der Waals surface area contributed by atoms with E-state index in [0.717, 1.165) is 32.0 Å². The van der Waals surface area contributed by atoms with Crippen molar-refractivity contribution in [2.75, 3.05) is 24.7 Å². The molecule has 18 heavy (non-hydrogen) atoms. The second-order valence-corrected chi connectivity index (χ2v) is 7.81. The molecule has 0 aromatic carbocycles. The van der Waals surface area contributed by atoms with Gasteiger partial charge in [-0.15, -0.1) is 11.6 Å². The van der Waals surface area contributed by atoms with Crippen molar-refractivity contribution in [3.8, 4) is 0 Å².